The highest BCUT2D eigenvalue weighted by molar-refractivity contribution is 4.91. The van der Waals surface area contributed by atoms with Crippen molar-refractivity contribution in [2.45, 2.75) is 19.1 Å². The Morgan fingerprint density at radius 2 is 2.07 bits per heavy atom. The number of hydrogen-bond acceptors (Lipinski definition) is 4. The van der Waals surface area contributed by atoms with E-state index in [4.69, 9.17) is 4.74 Å². The van der Waals surface area contributed by atoms with Crippen molar-refractivity contribution < 1.29 is 9.84 Å². The van der Waals surface area contributed by atoms with Gasteiger partial charge < -0.3 is 9.84 Å². The fourth-order valence-electron chi connectivity index (χ4n) is 2.37. The van der Waals surface area contributed by atoms with Gasteiger partial charge in [-0.3, -0.25) is 9.80 Å². The first-order valence-corrected chi connectivity index (χ1v) is 5.53. The maximum absolute atomic E-state index is 9.93. The Hall–Kier alpha value is -0.160. The largest absolute Gasteiger partial charge is 0.389 e. The predicted molar refractivity (Wildman–Crippen MR) is 54.3 cm³/mol. The van der Waals surface area contributed by atoms with Gasteiger partial charge in [-0.25, -0.2) is 0 Å². The maximum atomic E-state index is 9.93. The number of aliphatic hydroxyl groups is 1. The molecule has 3 rings (SSSR count). The summed E-state index contributed by atoms with van der Waals surface area (Å²) in [6.45, 7) is 8.67. The predicted octanol–water partition coefficient (Wildman–Crippen LogP) is -0.616. The molecule has 0 amide bonds. The maximum Gasteiger partial charge on any atom is 0.0940 e. The molecule has 2 atom stereocenters. The Morgan fingerprint density at radius 3 is 2.57 bits per heavy atom. The van der Waals surface area contributed by atoms with Crippen LogP contribution in [0.3, 0.4) is 0 Å². The second-order valence-corrected chi connectivity index (χ2v) is 4.13. The molecule has 0 aromatic heterocycles. The lowest BCUT2D eigenvalue weighted by Gasteiger charge is -2.48. The summed E-state index contributed by atoms with van der Waals surface area (Å²) in [6.07, 6.45) is -0.321. The number of piperazine rings is 3. The first-order chi connectivity index (χ1) is 6.81. The van der Waals surface area contributed by atoms with E-state index in [1.165, 1.54) is 0 Å². The Morgan fingerprint density at radius 1 is 1.36 bits per heavy atom. The van der Waals surface area contributed by atoms with Gasteiger partial charge in [0.15, 0.2) is 0 Å². The van der Waals surface area contributed by atoms with Gasteiger partial charge in [0.2, 0.25) is 0 Å². The zero-order valence-electron chi connectivity index (χ0n) is 8.85. The van der Waals surface area contributed by atoms with E-state index in [2.05, 4.69) is 9.80 Å². The lowest BCUT2D eigenvalue weighted by molar-refractivity contribution is -0.0715. The molecule has 0 saturated carbocycles. The average Bonchev–Trinajstić information content (AvgIpc) is 2.27. The third-order valence-corrected chi connectivity index (χ3v) is 3.26. The van der Waals surface area contributed by atoms with E-state index in [-0.39, 0.29) is 6.10 Å². The first kappa shape index (κ1) is 10.4. The van der Waals surface area contributed by atoms with Gasteiger partial charge in [-0.2, -0.15) is 0 Å². The summed E-state index contributed by atoms with van der Waals surface area (Å²) in [5.41, 5.74) is 0. The van der Waals surface area contributed by atoms with Crippen LogP contribution in [0.25, 0.3) is 0 Å². The Kier molecular flexibility index (Phi) is 3.38. The fraction of sp³-hybridized carbons (Fsp3) is 1.00. The summed E-state index contributed by atoms with van der Waals surface area (Å²) >= 11 is 0. The Labute approximate surface area is 85.4 Å². The van der Waals surface area contributed by atoms with Crippen molar-refractivity contribution in [3.8, 4) is 0 Å². The third kappa shape index (κ3) is 2.08. The Balaban J connectivity index is 1.85. The summed E-state index contributed by atoms with van der Waals surface area (Å²) < 4.78 is 5.26. The van der Waals surface area contributed by atoms with Gasteiger partial charge in [-0.1, -0.05) is 0 Å². The second-order valence-electron chi connectivity index (χ2n) is 4.13. The molecule has 3 fully saturated rings. The van der Waals surface area contributed by atoms with Crippen molar-refractivity contribution in [2.24, 2.45) is 0 Å². The minimum absolute atomic E-state index is 0.295. The number of aliphatic hydroxyl groups excluding tert-OH is 1. The summed E-state index contributed by atoms with van der Waals surface area (Å²) in [6, 6.07) is 0.295. The Bertz CT molecular complexity index is 181. The van der Waals surface area contributed by atoms with Crippen molar-refractivity contribution in [1.82, 2.24) is 9.80 Å². The summed E-state index contributed by atoms with van der Waals surface area (Å²) in [5, 5.41) is 9.93. The van der Waals surface area contributed by atoms with Crippen LogP contribution in [0, 0.1) is 0 Å². The minimum atomic E-state index is -0.321. The molecule has 3 aliphatic rings. The van der Waals surface area contributed by atoms with Crippen LogP contribution >= 0.6 is 0 Å². The molecular weight excluding hydrogens is 180 g/mol. The quantitative estimate of drug-likeness (QED) is 0.656. The summed E-state index contributed by atoms with van der Waals surface area (Å²) in [7, 11) is 0. The molecular formula is C10H20N2O2. The molecule has 14 heavy (non-hydrogen) atoms. The van der Waals surface area contributed by atoms with Crippen LogP contribution in [0.5, 0.6) is 0 Å². The number of fused-ring (bicyclic) bond motifs is 3. The highest BCUT2D eigenvalue weighted by Gasteiger charge is 2.35. The molecule has 3 heterocycles. The highest BCUT2D eigenvalue weighted by Crippen LogP contribution is 2.18. The van der Waals surface area contributed by atoms with Crippen molar-refractivity contribution in [3.63, 3.8) is 0 Å². The number of ether oxygens (including phenoxy) is 1. The van der Waals surface area contributed by atoms with E-state index >= 15 is 0 Å². The zero-order chi connectivity index (χ0) is 9.97. The van der Waals surface area contributed by atoms with Gasteiger partial charge in [-0.15, -0.1) is 0 Å². The molecule has 2 bridgehead atoms. The minimum Gasteiger partial charge on any atom is -0.389 e. The molecule has 4 nitrogen and oxygen atoms in total. The van der Waals surface area contributed by atoms with Gasteiger partial charge in [-0.05, 0) is 6.92 Å². The van der Waals surface area contributed by atoms with E-state index in [9.17, 15) is 5.11 Å². The van der Waals surface area contributed by atoms with Crippen molar-refractivity contribution in [2.75, 3.05) is 45.9 Å². The van der Waals surface area contributed by atoms with Gasteiger partial charge in [0.05, 0.1) is 18.8 Å². The van der Waals surface area contributed by atoms with Crippen LogP contribution in [0.15, 0.2) is 0 Å². The van der Waals surface area contributed by atoms with E-state index < -0.39 is 0 Å². The van der Waals surface area contributed by atoms with Crippen LogP contribution in [0.4, 0.5) is 0 Å². The van der Waals surface area contributed by atoms with E-state index in [0.717, 1.165) is 32.7 Å². The lowest BCUT2D eigenvalue weighted by atomic mass is 10.0. The molecule has 0 aromatic carbocycles. The van der Waals surface area contributed by atoms with Gasteiger partial charge >= 0.3 is 0 Å². The standard InChI is InChI=1S/C10H20N2O2/c1-2-14-8-10(13)9-7-11-3-5-12(9)6-4-11/h9-10,13H,2-8H2,1H3. The van der Waals surface area contributed by atoms with Gasteiger partial charge in [0.1, 0.15) is 0 Å². The van der Waals surface area contributed by atoms with Gasteiger partial charge in [0, 0.05) is 39.3 Å². The number of rotatable bonds is 4. The van der Waals surface area contributed by atoms with Crippen LogP contribution in [0.1, 0.15) is 6.92 Å². The molecule has 2 unspecified atom stereocenters. The van der Waals surface area contributed by atoms with Crippen LogP contribution in [-0.2, 0) is 4.74 Å². The molecule has 1 N–H and O–H groups in total. The SMILES string of the molecule is CCOCC(O)C1CN2CCN1CC2. The third-order valence-electron chi connectivity index (χ3n) is 3.26. The summed E-state index contributed by atoms with van der Waals surface area (Å²) in [4.78, 5) is 4.82. The molecule has 0 aromatic rings. The van der Waals surface area contributed by atoms with Crippen molar-refractivity contribution >= 4 is 0 Å². The van der Waals surface area contributed by atoms with Crippen molar-refractivity contribution in [3.05, 3.63) is 0 Å². The van der Waals surface area contributed by atoms with Gasteiger partial charge in [0.25, 0.3) is 0 Å². The first-order valence-electron chi connectivity index (χ1n) is 5.53. The van der Waals surface area contributed by atoms with Crippen LogP contribution < -0.4 is 0 Å². The average molecular weight is 200 g/mol. The molecule has 0 spiro atoms. The van der Waals surface area contributed by atoms with Crippen LogP contribution in [-0.4, -0.2) is 73.0 Å². The van der Waals surface area contributed by atoms with E-state index in [0.29, 0.717) is 19.3 Å². The van der Waals surface area contributed by atoms with E-state index in [1.807, 2.05) is 6.92 Å². The van der Waals surface area contributed by atoms with Crippen LogP contribution in [0.2, 0.25) is 0 Å². The number of hydrogen-bond donors (Lipinski definition) is 1. The second kappa shape index (κ2) is 4.57. The molecule has 0 radical (unpaired) electrons. The van der Waals surface area contributed by atoms with Crippen molar-refractivity contribution in [1.29, 1.82) is 0 Å². The molecule has 4 heteroatoms. The van der Waals surface area contributed by atoms with E-state index in [1.54, 1.807) is 0 Å². The fourth-order valence-corrected chi connectivity index (χ4v) is 2.37. The molecule has 0 aliphatic carbocycles. The lowest BCUT2D eigenvalue weighted by Crippen LogP contribution is -2.64. The zero-order valence-corrected chi connectivity index (χ0v) is 8.85. The normalized spacial score (nSPS) is 38.6. The monoisotopic (exact) mass is 200 g/mol. The summed E-state index contributed by atoms with van der Waals surface area (Å²) in [5.74, 6) is 0. The topological polar surface area (TPSA) is 35.9 Å². The molecule has 82 valence electrons. The highest BCUT2D eigenvalue weighted by atomic mass is 16.5. The smallest absolute Gasteiger partial charge is 0.0940 e. The number of nitrogens with zero attached hydrogens (tertiary/aromatic N) is 2. The molecule has 3 saturated heterocycles. The molecule has 3 aliphatic heterocycles.